The van der Waals surface area contributed by atoms with Gasteiger partial charge < -0.3 is 0 Å². The van der Waals surface area contributed by atoms with Crippen molar-refractivity contribution < 1.29 is 0 Å². The van der Waals surface area contributed by atoms with E-state index in [1.165, 1.54) is 47.1 Å². The number of aromatic nitrogens is 4. The molecule has 60 heavy (non-hydrogen) atoms. The number of hydrogen-bond acceptors (Lipinski definition) is 4. The highest BCUT2D eigenvalue weighted by Gasteiger charge is 2.22. The van der Waals surface area contributed by atoms with Gasteiger partial charge in [-0.15, -0.1) is 11.3 Å². The maximum Gasteiger partial charge on any atom is 0.238 e. The van der Waals surface area contributed by atoms with E-state index in [0.717, 1.165) is 60.2 Å². The van der Waals surface area contributed by atoms with E-state index in [-0.39, 0.29) is 0 Å². The van der Waals surface area contributed by atoms with Gasteiger partial charge in [-0.3, -0.25) is 4.57 Å². The minimum absolute atomic E-state index is 0.576. The molecule has 3 heterocycles. The fourth-order valence-corrected chi connectivity index (χ4v) is 10.4. The summed E-state index contributed by atoms with van der Waals surface area (Å²) in [5, 5.41) is 14.4. The quantitative estimate of drug-likeness (QED) is 0.179. The third-order valence-electron chi connectivity index (χ3n) is 12.2. The van der Waals surface area contributed by atoms with Crippen molar-refractivity contribution in [3.63, 3.8) is 0 Å². The number of fused-ring (bicyclic) bond motifs is 11. The van der Waals surface area contributed by atoms with Gasteiger partial charge in [-0.2, -0.15) is 9.97 Å². The maximum atomic E-state index is 5.42. The Balaban J connectivity index is 1.13. The molecule has 0 unspecified atom stereocenters. The fraction of sp³-hybridized carbons (Fsp3) is 0. The average Bonchev–Trinajstić information content (AvgIpc) is 3.85. The molecule has 0 bridgehead atoms. The number of nitrogens with zero attached hydrogens (tertiary/aromatic N) is 4. The molecule has 4 nitrogen and oxygen atoms in total. The van der Waals surface area contributed by atoms with Crippen LogP contribution in [0.25, 0.3) is 125 Å². The molecular weight excluding hydrogens is 749 g/mol. The van der Waals surface area contributed by atoms with E-state index in [1.54, 1.807) is 0 Å². The molecule has 0 aliphatic rings. The molecule has 0 fully saturated rings. The Morgan fingerprint density at radius 2 is 0.900 bits per heavy atom. The lowest BCUT2D eigenvalue weighted by molar-refractivity contribution is 0.954. The van der Waals surface area contributed by atoms with E-state index in [4.69, 9.17) is 15.0 Å². The van der Waals surface area contributed by atoms with E-state index in [1.807, 2.05) is 11.3 Å². The molecule has 0 aliphatic carbocycles. The number of hydrogen-bond donors (Lipinski definition) is 0. The van der Waals surface area contributed by atoms with Crippen molar-refractivity contribution in [1.29, 1.82) is 0 Å². The van der Waals surface area contributed by atoms with Crippen LogP contribution >= 0.6 is 11.3 Å². The second kappa shape index (κ2) is 12.9. The molecule has 278 valence electrons. The van der Waals surface area contributed by atoms with Crippen molar-refractivity contribution in [3.05, 3.63) is 194 Å². The molecule has 13 rings (SSSR count). The Bertz CT molecular complexity index is 3820. The van der Waals surface area contributed by atoms with Gasteiger partial charge >= 0.3 is 0 Å². The number of thiophene rings is 1. The summed E-state index contributed by atoms with van der Waals surface area (Å²) >= 11 is 1.86. The van der Waals surface area contributed by atoms with Crippen LogP contribution in [0.2, 0.25) is 0 Å². The highest BCUT2D eigenvalue weighted by atomic mass is 32.1. The fourth-order valence-electron chi connectivity index (χ4n) is 9.29. The van der Waals surface area contributed by atoms with Gasteiger partial charge in [0, 0.05) is 47.6 Å². The van der Waals surface area contributed by atoms with Crippen LogP contribution in [0.1, 0.15) is 0 Å². The number of benzene rings is 10. The molecule has 3 aromatic heterocycles. The molecule has 5 heteroatoms. The van der Waals surface area contributed by atoms with Crippen LogP contribution in [0.4, 0.5) is 0 Å². The third-order valence-corrected chi connectivity index (χ3v) is 13.3. The molecule has 0 atom stereocenters. The van der Waals surface area contributed by atoms with Gasteiger partial charge in [0.05, 0.1) is 11.0 Å². The van der Waals surface area contributed by atoms with Crippen molar-refractivity contribution in [2.24, 2.45) is 0 Å². The van der Waals surface area contributed by atoms with Gasteiger partial charge in [-0.05, 0) is 91.1 Å². The summed E-state index contributed by atoms with van der Waals surface area (Å²) in [6.07, 6.45) is 0. The van der Waals surface area contributed by atoms with E-state index < -0.39 is 0 Å². The zero-order valence-corrected chi connectivity index (χ0v) is 33.0. The summed E-state index contributed by atoms with van der Waals surface area (Å²) in [6, 6.07) is 69.9. The van der Waals surface area contributed by atoms with E-state index in [0.29, 0.717) is 17.6 Å². The Morgan fingerprint density at radius 3 is 1.60 bits per heavy atom. The van der Waals surface area contributed by atoms with Gasteiger partial charge in [0.1, 0.15) is 0 Å². The minimum Gasteiger partial charge on any atom is -0.277 e. The van der Waals surface area contributed by atoms with Crippen molar-refractivity contribution >= 4 is 96.4 Å². The molecule has 10 aromatic carbocycles. The first-order valence-corrected chi connectivity index (χ1v) is 21.1. The van der Waals surface area contributed by atoms with Gasteiger partial charge in [-0.25, -0.2) is 4.98 Å². The number of para-hydroxylation sites is 1. The first kappa shape index (κ1) is 33.3. The molecule has 0 radical (unpaired) electrons. The monoisotopic (exact) mass is 780 g/mol. The summed E-state index contributed by atoms with van der Waals surface area (Å²) in [6.45, 7) is 0. The normalized spacial score (nSPS) is 12.0. The Morgan fingerprint density at radius 1 is 0.350 bits per heavy atom. The average molecular weight is 781 g/mol. The molecule has 0 saturated carbocycles. The standard InChI is InChI=1S/C55H32N4S/c1-3-13-36-28-41(22-20-33(36)10-1)53-56-54(42-23-21-34-11-2-4-14-37(34)29-42)58-55(57-53)59-48-32-39-16-6-5-15-38(39)30-46(48)45-19-9-18-44(52(45)59)40-25-26-49-47(31-40)51-43-17-8-7-12-35(43)24-27-50(51)60-49/h1-32H. The van der Waals surface area contributed by atoms with Crippen LogP contribution < -0.4 is 0 Å². The van der Waals surface area contributed by atoms with Gasteiger partial charge in [0.15, 0.2) is 11.6 Å². The lowest BCUT2D eigenvalue weighted by Gasteiger charge is -2.14. The second-order valence-electron chi connectivity index (χ2n) is 15.6. The van der Waals surface area contributed by atoms with Gasteiger partial charge in [-0.1, -0.05) is 152 Å². The SMILES string of the molecule is c1ccc2cc(-c3nc(-c4ccc5ccccc5c4)nc(-n4c5cc6ccccc6cc5c5cccc(-c6ccc7sc8ccc9ccccc9c8c7c6)c54)n3)ccc2c1. The van der Waals surface area contributed by atoms with Crippen LogP contribution in [0.15, 0.2) is 194 Å². The Labute approximate surface area is 348 Å². The van der Waals surface area contributed by atoms with Crippen molar-refractivity contribution in [2.45, 2.75) is 0 Å². The Hall–Kier alpha value is -7.73. The summed E-state index contributed by atoms with van der Waals surface area (Å²) in [4.78, 5) is 16.1. The van der Waals surface area contributed by atoms with Gasteiger partial charge in [0.2, 0.25) is 5.95 Å². The smallest absolute Gasteiger partial charge is 0.238 e. The van der Waals surface area contributed by atoms with Crippen LogP contribution in [-0.2, 0) is 0 Å². The number of rotatable bonds is 4. The van der Waals surface area contributed by atoms with Crippen molar-refractivity contribution in [2.75, 3.05) is 0 Å². The predicted octanol–water partition coefficient (Wildman–Crippen LogP) is 15.0. The Kier molecular flexibility index (Phi) is 7.14. The van der Waals surface area contributed by atoms with E-state index >= 15 is 0 Å². The predicted molar refractivity (Wildman–Crippen MR) is 253 cm³/mol. The highest BCUT2D eigenvalue weighted by molar-refractivity contribution is 7.26. The van der Waals surface area contributed by atoms with Crippen LogP contribution in [0, 0.1) is 0 Å². The lowest BCUT2D eigenvalue weighted by atomic mass is 9.98. The largest absolute Gasteiger partial charge is 0.277 e. The zero-order valence-electron chi connectivity index (χ0n) is 32.2. The summed E-state index contributed by atoms with van der Waals surface area (Å²) in [5.41, 5.74) is 6.25. The second-order valence-corrected chi connectivity index (χ2v) is 16.7. The first-order chi connectivity index (χ1) is 29.7. The molecule has 0 N–H and O–H groups in total. The van der Waals surface area contributed by atoms with Crippen LogP contribution in [0.5, 0.6) is 0 Å². The molecule has 0 spiro atoms. The summed E-state index contributed by atoms with van der Waals surface area (Å²) in [7, 11) is 0. The zero-order chi connectivity index (χ0) is 39.3. The molecule has 0 saturated heterocycles. The first-order valence-electron chi connectivity index (χ1n) is 20.3. The van der Waals surface area contributed by atoms with Crippen molar-refractivity contribution in [3.8, 4) is 39.9 Å². The summed E-state index contributed by atoms with van der Waals surface area (Å²) < 4.78 is 4.86. The topological polar surface area (TPSA) is 43.6 Å². The van der Waals surface area contributed by atoms with Gasteiger partial charge in [0.25, 0.3) is 0 Å². The molecular formula is C55H32N4S. The molecule has 13 aromatic rings. The van der Waals surface area contributed by atoms with Crippen LogP contribution in [-0.4, -0.2) is 19.5 Å². The molecule has 0 amide bonds. The maximum absolute atomic E-state index is 5.42. The van der Waals surface area contributed by atoms with Crippen LogP contribution in [0.3, 0.4) is 0 Å². The van der Waals surface area contributed by atoms with E-state index in [2.05, 4.69) is 199 Å². The molecule has 0 aliphatic heterocycles. The highest BCUT2D eigenvalue weighted by Crippen LogP contribution is 2.44. The van der Waals surface area contributed by atoms with E-state index in [9.17, 15) is 0 Å². The minimum atomic E-state index is 0.576. The summed E-state index contributed by atoms with van der Waals surface area (Å²) in [5.74, 6) is 1.83. The van der Waals surface area contributed by atoms with Crippen molar-refractivity contribution in [1.82, 2.24) is 19.5 Å². The lowest BCUT2D eigenvalue weighted by Crippen LogP contribution is -2.07. The third kappa shape index (κ3) is 5.13.